The lowest BCUT2D eigenvalue weighted by atomic mass is 10.0. The number of aryl methyl sites for hydroxylation is 2. The van der Waals surface area contributed by atoms with Crippen LogP contribution in [0.5, 0.6) is 11.5 Å². The number of nitrogens with one attached hydrogen (secondary N) is 2. The number of carbonyl (C=O) groups is 5. The van der Waals surface area contributed by atoms with Crippen molar-refractivity contribution in [3.05, 3.63) is 105 Å². The zero-order valence-electron chi connectivity index (χ0n) is 37.1. The number of ether oxygens (including phenoxy) is 2. The molecule has 2 saturated heterocycles. The number of halogens is 2. The molecular weight excluding hydrogens is 901 g/mol. The van der Waals surface area contributed by atoms with Gasteiger partial charge in [0.2, 0.25) is 11.8 Å². The summed E-state index contributed by atoms with van der Waals surface area (Å²) in [5.74, 6) is 1.79. The first kappa shape index (κ1) is 47.5. The summed E-state index contributed by atoms with van der Waals surface area (Å²) in [7, 11) is 0. The highest BCUT2D eigenvalue weighted by molar-refractivity contribution is 5.98. The van der Waals surface area contributed by atoms with E-state index in [1.165, 1.54) is 47.3 Å². The molecule has 6 aromatic rings. The van der Waals surface area contributed by atoms with Gasteiger partial charge in [0.25, 0.3) is 22.9 Å². The Labute approximate surface area is 391 Å². The number of nitrogens with zero attached hydrogens (tertiary/aromatic N) is 8. The van der Waals surface area contributed by atoms with Gasteiger partial charge in [-0.15, -0.1) is 0 Å². The maximum absolute atomic E-state index is 13.6. The molecule has 4 aliphatic rings. The second-order valence-corrected chi connectivity index (χ2v) is 16.7. The van der Waals surface area contributed by atoms with E-state index in [0.29, 0.717) is 95.9 Å². The number of hydrogen-bond donors (Lipinski definition) is 3. The predicted octanol–water partition coefficient (Wildman–Crippen LogP) is 3.72. The van der Waals surface area contributed by atoms with Gasteiger partial charge in [-0.1, -0.05) is 12.8 Å². The third-order valence-corrected chi connectivity index (χ3v) is 11.8. The summed E-state index contributed by atoms with van der Waals surface area (Å²) in [5.41, 5.74) is 7.05. The number of hydrogen-bond acceptors (Lipinski definition) is 14. The topological polar surface area (TPSA) is 256 Å². The monoisotopic (exact) mass is 947 g/mol. The van der Waals surface area contributed by atoms with Crippen LogP contribution in [0.2, 0.25) is 0 Å². The minimum absolute atomic E-state index is 0.00551. The molecular formula is C47H47F2N11O9. The van der Waals surface area contributed by atoms with Crippen molar-refractivity contribution in [1.82, 2.24) is 29.1 Å². The zero-order chi connectivity index (χ0) is 48.6. The van der Waals surface area contributed by atoms with Crippen molar-refractivity contribution in [2.45, 2.75) is 58.0 Å². The van der Waals surface area contributed by atoms with Crippen LogP contribution in [-0.4, -0.2) is 91.8 Å². The van der Waals surface area contributed by atoms with Gasteiger partial charge < -0.3 is 39.8 Å². The second kappa shape index (κ2) is 21.3. The normalized spacial score (nSPS) is 17.1. The Morgan fingerprint density at radius 1 is 0.652 bits per heavy atom. The summed E-state index contributed by atoms with van der Waals surface area (Å²) in [5, 5.41) is 5.29. The number of fused-ring (bicyclic) bond motifs is 4. The highest BCUT2D eigenvalue weighted by Crippen LogP contribution is 2.33. The number of aldehydes is 1. The molecule has 20 nitrogen and oxygen atoms in total. The number of carbonyl (C=O) groups excluding carboxylic acids is 5. The number of anilines is 4. The van der Waals surface area contributed by atoms with Gasteiger partial charge in [0.1, 0.15) is 29.6 Å². The minimum Gasteiger partial charge on any atom is -0.480 e. The van der Waals surface area contributed by atoms with Crippen LogP contribution >= 0.6 is 0 Å². The molecule has 69 heavy (non-hydrogen) atoms. The van der Waals surface area contributed by atoms with E-state index in [1.807, 2.05) is 0 Å². The molecule has 0 bridgehead atoms. The summed E-state index contributed by atoms with van der Waals surface area (Å²) < 4.78 is 40.2. The van der Waals surface area contributed by atoms with Gasteiger partial charge in [0, 0.05) is 45.4 Å². The summed E-state index contributed by atoms with van der Waals surface area (Å²) in [4.78, 5) is 101. The Morgan fingerprint density at radius 3 is 1.67 bits per heavy atom. The van der Waals surface area contributed by atoms with Crippen LogP contribution in [0.15, 0.2) is 82.6 Å². The van der Waals surface area contributed by atoms with Crippen molar-refractivity contribution < 1.29 is 42.2 Å². The second-order valence-electron chi connectivity index (χ2n) is 16.7. The van der Waals surface area contributed by atoms with Crippen molar-refractivity contribution in [2.24, 2.45) is 17.6 Å². The van der Waals surface area contributed by atoms with E-state index in [-0.39, 0.29) is 72.8 Å². The first-order valence-corrected chi connectivity index (χ1v) is 22.3. The molecule has 4 aliphatic heterocycles. The highest BCUT2D eigenvalue weighted by atomic mass is 19.1. The number of aromatic nitrogens is 6. The number of benzene rings is 2. The molecule has 4 N–H and O–H groups in total. The van der Waals surface area contributed by atoms with Crippen LogP contribution in [0, 0.1) is 23.5 Å². The Bertz CT molecular complexity index is 3080. The number of rotatable bonds is 12. The third kappa shape index (κ3) is 11.2. The molecule has 0 spiro atoms. The molecule has 0 radical (unpaired) electrons. The van der Waals surface area contributed by atoms with Crippen LogP contribution in [0.1, 0.15) is 44.9 Å². The van der Waals surface area contributed by atoms with Crippen LogP contribution < -0.4 is 46.8 Å². The first-order valence-electron chi connectivity index (χ1n) is 22.3. The maximum atomic E-state index is 13.6. The van der Waals surface area contributed by atoms with Gasteiger partial charge in [-0.25, -0.2) is 28.7 Å². The van der Waals surface area contributed by atoms with Crippen LogP contribution in [0.3, 0.4) is 0 Å². The van der Waals surface area contributed by atoms with E-state index in [1.54, 1.807) is 44.7 Å². The fraction of sp³-hybridized carbons (Fsp3) is 0.340. The Kier molecular flexibility index (Phi) is 14.7. The number of pyridine rings is 2. The third-order valence-electron chi connectivity index (χ3n) is 11.8. The van der Waals surface area contributed by atoms with Gasteiger partial charge in [0.05, 0.1) is 34.5 Å². The van der Waals surface area contributed by atoms with Gasteiger partial charge in [-0.3, -0.25) is 38.6 Å². The number of unbranched alkanes of at least 4 members (excludes halogenated alkanes) is 2. The van der Waals surface area contributed by atoms with Crippen molar-refractivity contribution in [2.75, 3.05) is 53.3 Å². The van der Waals surface area contributed by atoms with Gasteiger partial charge in [-0.05, 0) is 91.9 Å². The van der Waals surface area contributed by atoms with E-state index in [9.17, 15) is 42.3 Å². The van der Waals surface area contributed by atoms with Gasteiger partial charge in [-0.2, -0.15) is 0 Å². The predicted molar refractivity (Wildman–Crippen MR) is 248 cm³/mol. The van der Waals surface area contributed by atoms with Crippen molar-refractivity contribution >= 4 is 75.3 Å². The fourth-order valence-corrected chi connectivity index (χ4v) is 8.36. The molecule has 2 aromatic carbocycles. The lowest BCUT2D eigenvalue weighted by Crippen LogP contribution is -2.29. The average molecular weight is 948 g/mol. The molecule has 10 rings (SSSR count). The molecule has 0 unspecified atom stereocenters. The van der Waals surface area contributed by atoms with Crippen LogP contribution in [-0.2, 0) is 37.1 Å². The molecule has 2 fully saturated rings. The van der Waals surface area contributed by atoms with Gasteiger partial charge >= 0.3 is 0 Å². The fourth-order valence-electron chi connectivity index (χ4n) is 8.36. The Morgan fingerprint density at radius 2 is 1.16 bits per heavy atom. The Hall–Kier alpha value is -8.01. The standard InChI is InChI=1S/C24H24FN5O4.C12H14N4O3.C11H9FN2O2/c25-16-5-6-17-18(11-16)29(23(33)12-26-17)9-3-1-2-4-15-10-22(32)30(13-15)20-8-7-19-24(27-20)28-21(31)14-34-19;13-4-7-3-11(18)16(5-7)9-2-1-8-12(14-9)15-10(17)6-19-8;12-8-2-3-9-10(6-8)14(4-1-5-15)11(16)7-13-9/h5-8,11-12,15H,1-4,9-10,13-14H2,(H,27,28,31);1-2,7H,3-6,13H2,(H,14,15,17);2-3,5-7H,1,4H2/t15-;7-;/m01./s1. The van der Waals surface area contributed by atoms with Crippen molar-refractivity contribution in [3.63, 3.8) is 0 Å². The minimum atomic E-state index is -0.431. The lowest BCUT2D eigenvalue weighted by molar-refractivity contribution is -0.119. The zero-order valence-corrected chi connectivity index (χ0v) is 37.1. The average Bonchev–Trinajstić information content (AvgIpc) is 3.92. The molecule has 2 atom stereocenters. The quantitative estimate of drug-likeness (QED) is 0.117. The number of nitrogens with two attached hydrogens (primary N) is 1. The van der Waals surface area contributed by atoms with E-state index in [0.717, 1.165) is 32.0 Å². The summed E-state index contributed by atoms with van der Waals surface area (Å²) >= 11 is 0. The number of amides is 4. The molecule has 0 aliphatic carbocycles. The highest BCUT2D eigenvalue weighted by Gasteiger charge is 2.33. The van der Waals surface area contributed by atoms with Crippen LogP contribution in [0.4, 0.5) is 32.1 Å². The van der Waals surface area contributed by atoms with Crippen molar-refractivity contribution in [3.8, 4) is 11.5 Å². The van der Waals surface area contributed by atoms with Gasteiger partial charge in [0.15, 0.2) is 36.3 Å². The molecule has 358 valence electrons. The molecule has 4 amide bonds. The first-order chi connectivity index (χ1) is 33.4. The Balaban J connectivity index is 0.000000154. The molecule has 0 saturated carbocycles. The van der Waals surface area contributed by atoms with Crippen molar-refractivity contribution in [1.29, 1.82) is 0 Å². The lowest BCUT2D eigenvalue weighted by Gasteiger charge is -2.21. The summed E-state index contributed by atoms with van der Waals surface area (Å²) in [6.45, 7) is 2.30. The van der Waals surface area contributed by atoms with E-state index in [4.69, 9.17) is 15.2 Å². The van der Waals surface area contributed by atoms with E-state index < -0.39 is 11.6 Å². The SMILES string of the molecule is NC[C@H]1CC(=O)N(c2ccc3c(n2)NC(=O)CO3)C1.O=C1COc2ccc(N3C[C@@H](CCCCCn4c(=O)cnc5ccc(F)cc54)CC3=O)nc2N1.O=CCCn1c(=O)cnc2ccc(F)cc21. The summed E-state index contributed by atoms with van der Waals surface area (Å²) in [6.07, 6.45) is 7.73. The largest absolute Gasteiger partial charge is 0.480 e. The van der Waals surface area contributed by atoms with Crippen LogP contribution in [0.25, 0.3) is 22.1 Å². The molecule has 8 heterocycles. The van der Waals surface area contributed by atoms with E-state index in [2.05, 4.69) is 30.6 Å². The maximum Gasteiger partial charge on any atom is 0.269 e. The van der Waals surface area contributed by atoms with E-state index >= 15 is 0 Å². The molecule has 4 aromatic heterocycles. The molecule has 22 heteroatoms. The summed E-state index contributed by atoms with van der Waals surface area (Å²) in [6, 6.07) is 15.1. The smallest absolute Gasteiger partial charge is 0.269 e.